The second-order valence-corrected chi connectivity index (χ2v) is 15.2. The van der Waals surface area contributed by atoms with Gasteiger partial charge in [0.1, 0.15) is 6.10 Å². The molecule has 1 saturated carbocycles. The molecular weight excluding hydrogens is 673 g/mol. The van der Waals surface area contributed by atoms with Gasteiger partial charge in [-0.05, 0) is 81.3 Å². The van der Waals surface area contributed by atoms with Crippen LogP contribution in [0.2, 0.25) is 5.02 Å². The molecule has 3 amide bonds. The van der Waals surface area contributed by atoms with Crippen molar-refractivity contribution < 1.29 is 32.6 Å². The highest BCUT2D eigenvalue weighted by atomic mass is 35.5. The molecule has 7 rings (SSSR count). The first-order valence-corrected chi connectivity index (χ1v) is 18.1. The molecule has 4 aliphatic heterocycles. The zero-order valence-corrected chi connectivity index (χ0v) is 29.0. The highest BCUT2D eigenvalue weighted by molar-refractivity contribution is 6.33. The van der Waals surface area contributed by atoms with E-state index in [4.69, 9.17) is 22.1 Å². The van der Waals surface area contributed by atoms with Crippen LogP contribution in [0.5, 0.6) is 0 Å². The summed E-state index contributed by atoms with van der Waals surface area (Å²) in [6.07, 6.45) is -2.29. The molecule has 1 aliphatic carbocycles. The Bertz CT molecular complexity index is 1580. The Hall–Kier alpha value is -3.10. The van der Waals surface area contributed by atoms with E-state index in [1.807, 2.05) is 29.2 Å². The molecule has 4 heterocycles. The minimum absolute atomic E-state index is 0.0190. The molecule has 4 N–H and O–H groups in total. The summed E-state index contributed by atoms with van der Waals surface area (Å²) in [4.78, 5) is 35.5. The van der Waals surface area contributed by atoms with Crippen molar-refractivity contribution in [3.05, 3.63) is 58.1 Å². The number of nitrogens with zero attached hydrogens (tertiary/aromatic N) is 4. The van der Waals surface area contributed by atoms with Crippen LogP contribution in [0.4, 0.5) is 29.3 Å². The lowest BCUT2D eigenvalue weighted by Gasteiger charge is -2.43. The summed E-state index contributed by atoms with van der Waals surface area (Å²) >= 11 is 6.14. The zero-order chi connectivity index (χ0) is 35.3. The van der Waals surface area contributed by atoms with Crippen molar-refractivity contribution in [1.29, 1.82) is 0 Å². The zero-order valence-electron chi connectivity index (χ0n) is 28.2. The number of amides is 3. The van der Waals surface area contributed by atoms with Crippen molar-refractivity contribution in [2.45, 2.75) is 101 Å². The molecular formula is C36H46ClF3N6O4. The third-order valence-electron chi connectivity index (χ3n) is 11.7. The number of nitrogen functional groups attached to an aromatic ring is 1. The van der Waals surface area contributed by atoms with Crippen LogP contribution in [0.3, 0.4) is 0 Å². The maximum atomic E-state index is 14.1. The smallest absolute Gasteiger partial charge is 0.397 e. The van der Waals surface area contributed by atoms with Crippen LogP contribution in [0.1, 0.15) is 61.6 Å². The summed E-state index contributed by atoms with van der Waals surface area (Å²) in [5.74, 6) is -0.666. The van der Waals surface area contributed by atoms with Gasteiger partial charge in [-0.15, -0.1) is 0 Å². The first-order valence-electron chi connectivity index (χ1n) is 17.7. The van der Waals surface area contributed by atoms with Crippen LogP contribution < -0.4 is 11.1 Å². The summed E-state index contributed by atoms with van der Waals surface area (Å²) in [5.41, 5.74) is 6.04. The van der Waals surface area contributed by atoms with Gasteiger partial charge in [0.25, 0.3) is 5.91 Å². The molecule has 2 bridgehead atoms. The minimum atomic E-state index is -4.73. The number of carbonyl (C=O) groups excluding carboxylic acids is 2. The van der Waals surface area contributed by atoms with Crippen molar-refractivity contribution in [2.24, 2.45) is 5.92 Å². The molecule has 0 aromatic heterocycles. The summed E-state index contributed by atoms with van der Waals surface area (Å²) in [6.45, 7) is 3.61. The second-order valence-electron chi connectivity index (χ2n) is 14.8. The fourth-order valence-corrected chi connectivity index (χ4v) is 9.14. The van der Waals surface area contributed by atoms with Crippen molar-refractivity contribution in [3.63, 3.8) is 0 Å². The van der Waals surface area contributed by atoms with E-state index >= 15 is 0 Å². The number of carbonyl (C=O) groups is 2. The van der Waals surface area contributed by atoms with E-state index in [9.17, 15) is 27.9 Å². The second kappa shape index (κ2) is 14.1. The predicted octanol–water partition coefficient (Wildman–Crippen LogP) is 5.17. The number of likely N-dealkylation sites (tertiary alicyclic amines) is 3. The maximum absolute atomic E-state index is 14.1. The van der Waals surface area contributed by atoms with E-state index in [-0.39, 0.29) is 40.9 Å². The molecule has 50 heavy (non-hydrogen) atoms. The van der Waals surface area contributed by atoms with Gasteiger partial charge >= 0.3 is 12.2 Å². The van der Waals surface area contributed by atoms with E-state index in [1.165, 1.54) is 12.5 Å². The summed E-state index contributed by atoms with van der Waals surface area (Å²) in [7, 11) is 2.17. The normalized spacial score (nSPS) is 27.7. The highest BCUT2D eigenvalue weighted by Crippen LogP contribution is 2.39. The third kappa shape index (κ3) is 7.16. The van der Waals surface area contributed by atoms with Crippen molar-refractivity contribution in [1.82, 2.24) is 19.6 Å². The predicted molar refractivity (Wildman–Crippen MR) is 183 cm³/mol. The van der Waals surface area contributed by atoms with E-state index in [0.717, 1.165) is 43.2 Å². The number of urea groups is 1. The Morgan fingerprint density at radius 2 is 1.76 bits per heavy atom. The molecule has 4 fully saturated rings. The van der Waals surface area contributed by atoms with Gasteiger partial charge in [0.15, 0.2) is 6.29 Å². The standard InChI is InChI=1S/C36H46ClF3N6O4/c1-43-19-27-17-26(43)20-45(27)25-10-12-44(13-11-25)33(47)31(16-21-14-28(36(38,39)40)32(41)29(37)15-21)50-34(48)22-6-8-24(9-7-22)46-18-23-4-2-3-5-30(23)42-35(46)49/h2-5,14-15,22,24-27,31,34,48H,6-13,16-20,41H2,1H3,(H,42,49)/t22?,24?,26?,27?,31-,34?/m1/s1. The Kier molecular flexibility index (Phi) is 9.98. The maximum Gasteiger partial charge on any atom is 0.418 e. The number of piperidine rings is 1. The highest BCUT2D eigenvalue weighted by Gasteiger charge is 2.45. The van der Waals surface area contributed by atoms with Gasteiger partial charge in [0.05, 0.1) is 16.3 Å². The van der Waals surface area contributed by atoms with Crippen LogP contribution in [-0.4, -0.2) is 106 Å². The van der Waals surface area contributed by atoms with Crippen molar-refractivity contribution in [3.8, 4) is 0 Å². The fraction of sp³-hybridized carbons (Fsp3) is 0.611. The number of benzene rings is 2. The molecule has 10 nitrogen and oxygen atoms in total. The lowest BCUT2D eigenvalue weighted by Crippen LogP contribution is -2.54. The van der Waals surface area contributed by atoms with E-state index in [0.29, 0.717) is 63.4 Å². The number of ether oxygens (including phenoxy) is 1. The Morgan fingerprint density at radius 1 is 1.04 bits per heavy atom. The number of anilines is 2. The minimum Gasteiger partial charge on any atom is -0.397 e. The number of alkyl halides is 3. The molecule has 272 valence electrons. The molecule has 0 spiro atoms. The molecule has 4 atom stereocenters. The van der Waals surface area contributed by atoms with Gasteiger partial charge < -0.3 is 35.6 Å². The number of likely N-dealkylation sites (N-methyl/N-ethyl adjacent to an activating group) is 1. The van der Waals surface area contributed by atoms with Gasteiger partial charge in [0.2, 0.25) is 0 Å². The van der Waals surface area contributed by atoms with Gasteiger partial charge in [-0.2, -0.15) is 13.2 Å². The van der Waals surface area contributed by atoms with Crippen LogP contribution in [0.15, 0.2) is 36.4 Å². The molecule has 5 aliphatic rings. The summed E-state index contributed by atoms with van der Waals surface area (Å²) in [6, 6.07) is 11.3. The first-order chi connectivity index (χ1) is 23.9. The van der Waals surface area contributed by atoms with Crippen LogP contribution in [0.25, 0.3) is 0 Å². The number of aliphatic hydroxyl groups excluding tert-OH is 1. The van der Waals surface area contributed by atoms with Crippen LogP contribution >= 0.6 is 11.6 Å². The quantitative estimate of drug-likeness (QED) is 0.255. The molecule has 3 saturated heterocycles. The Labute approximate surface area is 295 Å². The first kappa shape index (κ1) is 35.3. The van der Waals surface area contributed by atoms with Gasteiger partial charge in [0, 0.05) is 74.9 Å². The average molecular weight is 719 g/mol. The van der Waals surface area contributed by atoms with Crippen molar-refractivity contribution >= 4 is 34.9 Å². The molecule has 2 aromatic carbocycles. The number of para-hydroxylation sites is 1. The number of piperazine rings is 1. The number of nitrogens with one attached hydrogen (secondary N) is 1. The molecule has 3 unspecified atom stereocenters. The van der Waals surface area contributed by atoms with Crippen LogP contribution in [-0.2, 0) is 28.7 Å². The summed E-state index contributed by atoms with van der Waals surface area (Å²) < 4.78 is 47.6. The van der Waals surface area contributed by atoms with Crippen LogP contribution in [0, 0.1) is 5.92 Å². The number of fused-ring (bicyclic) bond motifs is 3. The number of aliphatic hydroxyl groups is 1. The Morgan fingerprint density at radius 3 is 2.42 bits per heavy atom. The number of nitrogens with two attached hydrogens (primary N) is 1. The number of hydrogen-bond donors (Lipinski definition) is 3. The van der Waals surface area contributed by atoms with E-state index < -0.39 is 29.8 Å². The van der Waals surface area contributed by atoms with E-state index in [1.54, 1.807) is 4.90 Å². The topological polar surface area (TPSA) is 115 Å². The lowest BCUT2D eigenvalue weighted by molar-refractivity contribution is -0.188. The number of rotatable bonds is 8. The SMILES string of the molecule is CN1CC2CC1CN2C1CCN(C(=O)[C@@H](Cc2cc(Cl)c(N)c(C(F)(F)F)c2)OC(O)C2CCC(N3Cc4ccccc4NC3=O)CC2)CC1. The monoisotopic (exact) mass is 718 g/mol. The molecule has 14 heteroatoms. The lowest BCUT2D eigenvalue weighted by atomic mass is 9.84. The number of halogens is 4. The fourth-order valence-electron chi connectivity index (χ4n) is 8.89. The average Bonchev–Trinajstić information content (AvgIpc) is 3.68. The third-order valence-corrected chi connectivity index (χ3v) is 12.1. The molecule has 2 aromatic rings. The van der Waals surface area contributed by atoms with E-state index in [2.05, 4.69) is 22.2 Å². The van der Waals surface area contributed by atoms with Gasteiger partial charge in [-0.3, -0.25) is 9.69 Å². The van der Waals surface area contributed by atoms with Crippen molar-refractivity contribution in [2.75, 3.05) is 44.3 Å². The number of hydrogen-bond acceptors (Lipinski definition) is 7. The molecule has 0 radical (unpaired) electrons. The van der Waals surface area contributed by atoms with Gasteiger partial charge in [-0.25, -0.2) is 4.79 Å². The Balaban J connectivity index is 1.02. The van der Waals surface area contributed by atoms with Gasteiger partial charge in [-0.1, -0.05) is 29.8 Å². The largest absolute Gasteiger partial charge is 0.418 e. The summed E-state index contributed by atoms with van der Waals surface area (Å²) in [5, 5.41) is 14.1.